The van der Waals surface area contributed by atoms with Crippen LogP contribution in [-0.2, 0) is 0 Å². The molecule has 0 aliphatic carbocycles. The molecule has 4 rings (SSSR count). The van der Waals surface area contributed by atoms with Crippen molar-refractivity contribution in [2.75, 3.05) is 12.1 Å². The van der Waals surface area contributed by atoms with Gasteiger partial charge in [-0.2, -0.15) is 10.1 Å². The molecule has 0 aliphatic heterocycles. The molecule has 1 aromatic heterocycles. The number of ether oxygens (including phenoxy) is 1. The van der Waals surface area contributed by atoms with Crippen LogP contribution in [-0.4, -0.2) is 24.2 Å². The molecule has 5 nitrogen and oxygen atoms in total. The number of carbonyl (C=O) groups is 1. The number of hydrogen-bond donors (Lipinski definition) is 0. The number of nitrogens with zero attached hydrogens (tertiary/aromatic N) is 3. The second-order valence-electron chi connectivity index (χ2n) is 6.25. The lowest BCUT2D eigenvalue weighted by Crippen LogP contribution is -2.25. The molecule has 0 aliphatic rings. The molecule has 1 heterocycles. The Balaban J connectivity index is 1.75. The second-order valence-corrected chi connectivity index (χ2v) is 7.70. The van der Waals surface area contributed by atoms with Crippen molar-refractivity contribution in [2.24, 2.45) is 5.10 Å². The number of hydrogen-bond acceptors (Lipinski definition) is 5. The van der Waals surface area contributed by atoms with Crippen LogP contribution in [0.2, 0.25) is 5.02 Å². The van der Waals surface area contributed by atoms with Crippen LogP contribution in [0.5, 0.6) is 5.75 Å². The molecular formula is C22H15ClFN3O2S. The normalized spacial score (nSPS) is 11.2. The Labute approximate surface area is 181 Å². The van der Waals surface area contributed by atoms with Crippen molar-refractivity contribution in [3.05, 3.63) is 88.7 Å². The van der Waals surface area contributed by atoms with Crippen LogP contribution < -0.4 is 9.75 Å². The van der Waals surface area contributed by atoms with E-state index in [-0.39, 0.29) is 11.7 Å². The van der Waals surface area contributed by atoms with Gasteiger partial charge in [0, 0.05) is 10.6 Å². The van der Waals surface area contributed by atoms with Crippen molar-refractivity contribution in [3.8, 4) is 5.75 Å². The van der Waals surface area contributed by atoms with Gasteiger partial charge in [0.15, 0.2) is 0 Å². The lowest BCUT2D eigenvalue weighted by atomic mass is 10.2. The first-order chi connectivity index (χ1) is 14.5. The number of carbonyl (C=O) groups excluding carboxylic acids is 1. The SMILES string of the molecule is COc1ccc2nc(N(/N=C/c3ccc(F)cc3)C(=O)c3ccc(Cl)cc3)sc2c1. The quantitative estimate of drug-likeness (QED) is 0.292. The van der Waals surface area contributed by atoms with Gasteiger partial charge in [-0.15, -0.1) is 0 Å². The minimum atomic E-state index is -0.365. The number of hydrazone groups is 1. The number of methoxy groups -OCH3 is 1. The van der Waals surface area contributed by atoms with Crippen molar-refractivity contribution in [1.29, 1.82) is 0 Å². The number of fused-ring (bicyclic) bond motifs is 1. The van der Waals surface area contributed by atoms with E-state index in [1.807, 2.05) is 12.1 Å². The predicted octanol–water partition coefficient (Wildman–Crippen LogP) is 5.78. The molecule has 0 radical (unpaired) electrons. The average Bonchev–Trinajstić information content (AvgIpc) is 3.18. The van der Waals surface area contributed by atoms with E-state index >= 15 is 0 Å². The molecule has 0 bridgehead atoms. The zero-order valence-corrected chi connectivity index (χ0v) is 17.3. The van der Waals surface area contributed by atoms with Gasteiger partial charge in [0.05, 0.1) is 23.5 Å². The summed E-state index contributed by atoms with van der Waals surface area (Å²) < 4.78 is 19.3. The summed E-state index contributed by atoms with van der Waals surface area (Å²) in [5, 5.41) is 6.50. The minimum Gasteiger partial charge on any atom is -0.497 e. The molecule has 0 N–H and O–H groups in total. The lowest BCUT2D eigenvalue weighted by Gasteiger charge is -2.13. The Kier molecular flexibility index (Phi) is 5.74. The Bertz CT molecular complexity index is 1220. The van der Waals surface area contributed by atoms with Gasteiger partial charge < -0.3 is 4.74 Å². The third-order valence-electron chi connectivity index (χ3n) is 4.24. The van der Waals surface area contributed by atoms with Gasteiger partial charge in [0.1, 0.15) is 11.6 Å². The third-order valence-corrected chi connectivity index (χ3v) is 5.49. The minimum absolute atomic E-state index is 0.346. The monoisotopic (exact) mass is 439 g/mol. The molecule has 0 saturated carbocycles. The van der Waals surface area contributed by atoms with Crippen LogP contribution in [0.1, 0.15) is 15.9 Å². The van der Waals surface area contributed by atoms with Crippen molar-refractivity contribution >= 4 is 50.4 Å². The highest BCUT2D eigenvalue weighted by Crippen LogP contribution is 2.32. The number of benzene rings is 3. The Morgan fingerprint density at radius 1 is 1.13 bits per heavy atom. The molecule has 0 saturated heterocycles. The van der Waals surface area contributed by atoms with Gasteiger partial charge in [-0.05, 0) is 60.2 Å². The molecular weight excluding hydrogens is 425 g/mol. The molecule has 1 amide bonds. The maximum Gasteiger partial charge on any atom is 0.280 e. The van der Waals surface area contributed by atoms with E-state index in [0.717, 1.165) is 10.2 Å². The zero-order valence-electron chi connectivity index (χ0n) is 15.8. The van der Waals surface area contributed by atoms with Gasteiger partial charge in [-0.1, -0.05) is 35.1 Å². The second kappa shape index (κ2) is 8.61. The van der Waals surface area contributed by atoms with E-state index in [0.29, 0.717) is 27.0 Å². The molecule has 0 unspecified atom stereocenters. The summed E-state index contributed by atoms with van der Waals surface area (Å²) in [6, 6.07) is 17.8. The highest BCUT2D eigenvalue weighted by Gasteiger charge is 2.21. The molecule has 0 fully saturated rings. The van der Waals surface area contributed by atoms with Crippen LogP contribution in [0.25, 0.3) is 10.2 Å². The number of aromatic nitrogens is 1. The molecule has 150 valence electrons. The van der Waals surface area contributed by atoms with Gasteiger partial charge >= 0.3 is 0 Å². The van der Waals surface area contributed by atoms with Crippen LogP contribution >= 0.6 is 22.9 Å². The van der Waals surface area contributed by atoms with Crippen molar-refractivity contribution in [3.63, 3.8) is 0 Å². The first kappa shape index (κ1) is 20.0. The number of thiazole rings is 1. The van der Waals surface area contributed by atoms with E-state index in [2.05, 4.69) is 10.1 Å². The number of amides is 1. The topological polar surface area (TPSA) is 54.8 Å². The maximum absolute atomic E-state index is 13.2. The summed E-state index contributed by atoms with van der Waals surface area (Å²) >= 11 is 7.25. The fraction of sp³-hybridized carbons (Fsp3) is 0.0455. The maximum atomic E-state index is 13.2. The van der Waals surface area contributed by atoms with Gasteiger partial charge in [-0.25, -0.2) is 9.37 Å². The van der Waals surface area contributed by atoms with Crippen LogP contribution in [0.4, 0.5) is 9.52 Å². The Morgan fingerprint density at radius 3 is 2.57 bits per heavy atom. The van der Waals surface area contributed by atoms with E-state index in [1.165, 1.54) is 34.7 Å². The fourth-order valence-electron chi connectivity index (χ4n) is 2.69. The van der Waals surface area contributed by atoms with Crippen molar-refractivity contribution in [1.82, 2.24) is 4.98 Å². The van der Waals surface area contributed by atoms with Gasteiger partial charge in [-0.3, -0.25) is 4.79 Å². The summed E-state index contributed by atoms with van der Waals surface area (Å²) in [4.78, 5) is 17.7. The van der Waals surface area contributed by atoms with Gasteiger partial charge in [0.25, 0.3) is 5.91 Å². The Hall–Kier alpha value is -3.29. The molecule has 30 heavy (non-hydrogen) atoms. The van der Waals surface area contributed by atoms with E-state index in [4.69, 9.17) is 16.3 Å². The highest BCUT2D eigenvalue weighted by atomic mass is 35.5. The van der Waals surface area contributed by atoms with E-state index in [1.54, 1.807) is 49.6 Å². The standard InChI is InChI=1S/C22H15ClFN3O2S/c1-29-18-10-11-19-20(12-18)30-22(26-19)27(21(28)15-4-6-16(23)7-5-15)25-13-14-2-8-17(24)9-3-14/h2-13H,1H3/b25-13+. The van der Waals surface area contributed by atoms with E-state index in [9.17, 15) is 9.18 Å². The number of rotatable bonds is 5. The smallest absolute Gasteiger partial charge is 0.280 e. The summed E-state index contributed by atoms with van der Waals surface area (Å²) in [7, 11) is 1.59. The van der Waals surface area contributed by atoms with Crippen LogP contribution in [0.15, 0.2) is 71.8 Å². The average molecular weight is 440 g/mol. The molecule has 8 heteroatoms. The molecule has 4 aromatic rings. The molecule has 0 spiro atoms. The van der Waals surface area contributed by atoms with Crippen LogP contribution in [0, 0.1) is 5.82 Å². The molecule has 0 atom stereocenters. The largest absolute Gasteiger partial charge is 0.497 e. The van der Waals surface area contributed by atoms with Gasteiger partial charge in [0.2, 0.25) is 5.13 Å². The Morgan fingerprint density at radius 2 is 1.87 bits per heavy atom. The van der Waals surface area contributed by atoms with E-state index < -0.39 is 0 Å². The first-order valence-electron chi connectivity index (χ1n) is 8.87. The zero-order chi connectivity index (χ0) is 21.1. The summed E-state index contributed by atoms with van der Waals surface area (Å²) in [5.41, 5.74) is 1.78. The number of halogens is 2. The molecule has 3 aromatic carbocycles. The van der Waals surface area contributed by atoms with Crippen molar-refractivity contribution in [2.45, 2.75) is 0 Å². The first-order valence-corrected chi connectivity index (χ1v) is 10.1. The highest BCUT2D eigenvalue weighted by molar-refractivity contribution is 7.22. The van der Waals surface area contributed by atoms with Crippen molar-refractivity contribution < 1.29 is 13.9 Å². The predicted molar refractivity (Wildman–Crippen MR) is 118 cm³/mol. The lowest BCUT2D eigenvalue weighted by molar-refractivity contribution is 0.0988. The van der Waals surface area contributed by atoms with Crippen LogP contribution in [0.3, 0.4) is 0 Å². The third kappa shape index (κ3) is 4.32. The fourth-order valence-corrected chi connectivity index (χ4v) is 3.76. The summed E-state index contributed by atoms with van der Waals surface area (Å²) in [6.07, 6.45) is 1.49. The summed E-state index contributed by atoms with van der Waals surface area (Å²) in [6.45, 7) is 0. The summed E-state index contributed by atoms with van der Waals surface area (Å²) in [5.74, 6) is -0.0134. The number of anilines is 1.